The third-order valence-electron chi connectivity index (χ3n) is 3.11. The van der Waals surface area contributed by atoms with E-state index in [1.54, 1.807) is 6.92 Å². The monoisotopic (exact) mass is 224 g/mol. The molecule has 90 valence electrons. The van der Waals surface area contributed by atoms with Crippen molar-refractivity contribution in [1.29, 1.82) is 0 Å². The third kappa shape index (κ3) is 4.19. The average molecular weight is 224 g/mol. The van der Waals surface area contributed by atoms with E-state index in [-0.39, 0.29) is 24.8 Å². The molecule has 0 rings (SSSR count). The van der Waals surface area contributed by atoms with Crippen molar-refractivity contribution in [3.05, 3.63) is 0 Å². The first-order valence-corrected chi connectivity index (χ1v) is 5.34. The molecule has 0 saturated carbocycles. The molecule has 0 bridgehead atoms. The average Bonchev–Trinajstić information content (AvgIpc) is 2.15. The molecule has 5 heteroatoms. The van der Waals surface area contributed by atoms with Gasteiger partial charge in [0.1, 0.15) is 0 Å². The first-order chi connectivity index (χ1) is 6.87. The molecule has 0 fully saturated rings. The molecule has 2 N–H and O–H groups in total. The second-order valence-electron chi connectivity index (χ2n) is 4.21. The summed E-state index contributed by atoms with van der Waals surface area (Å²) in [4.78, 5) is 21.9. The molecule has 0 heterocycles. The Morgan fingerprint density at radius 1 is 1.19 bits per heavy atom. The van der Waals surface area contributed by atoms with Gasteiger partial charge in [0, 0.05) is 0 Å². The van der Waals surface area contributed by atoms with Gasteiger partial charge < -0.3 is 10.2 Å². The van der Waals surface area contributed by atoms with Crippen molar-refractivity contribution in [2.75, 3.05) is 0 Å². The van der Waals surface area contributed by atoms with Crippen molar-refractivity contribution in [3.63, 3.8) is 0 Å². The summed E-state index contributed by atoms with van der Waals surface area (Å²) >= 11 is 0. The van der Waals surface area contributed by atoms with Gasteiger partial charge >= 0.3 is 30.8 Å². The summed E-state index contributed by atoms with van der Waals surface area (Å²) in [6, 6.07) is 0. The van der Waals surface area contributed by atoms with E-state index in [2.05, 4.69) is 6.92 Å². The Morgan fingerprint density at radius 2 is 1.62 bits per heavy atom. The fraction of sp³-hybridized carbons (Fsp3) is 0.818. The van der Waals surface area contributed by atoms with Crippen LogP contribution in [0.3, 0.4) is 0 Å². The number of aliphatic carboxylic acids is 2. The molecule has 4 nitrogen and oxygen atoms in total. The van der Waals surface area contributed by atoms with Crippen LogP contribution in [0.4, 0.5) is 0 Å². The van der Waals surface area contributed by atoms with Gasteiger partial charge in [-0.05, 0) is 19.3 Å². The predicted molar refractivity (Wildman–Crippen MR) is 63.8 cm³/mol. The molecule has 0 radical (unpaired) electrons. The van der Waals surface area contributed by atoms with E-state index < -0.39 is 17.4 Å². The second-order valence-corrected chi connectivity index (χ2v) is 4.21. The Balaban J connectivity index is 0. The summed E-state index contributed by atoms with van der Waals surface area (Å²) in [6.45, 7) is 5.03. The molecule has 16 heavy (non-hydrogen) atoms. The maximum absolute atomic E-state index is 11.0. The SMILES string of the molecule is CCCCCC(C)C(C)(C(=O)O)C(=O)O.[LiH]. The predicted octanol–water partition coefficient (Wildman–Crippen LogP) is 1.73. The Hall–Kier alpha value is -0.463. The number of unbranched alkanes of at least 4 members (excludes halogenated alkanes) is 2. The molecule has 0 aromatic heterocycles. The maximum atomic E-state index is 11.0. The summed E-state index contributed by atoms with van der Waals surface area (Å²) in [5.74, 6) is -2.85. The van der Waals surface area contributed by atoms with Crippen LogP contribution >= 0.6 is 0 Å². The molecule has 0 spiro atoms. The van der Waals surface area contributed by atoms with Crippen LogP contribution in [-0.4, -0.2) is 41.0 Å². The van der Waals surface area contributed by atoms with Gasteiger partial charge in [-0.25, -0.2) is 0 Å². The van der Waals surface area contributed by atoms with Crippen molar-refractivity contribution in [1.82, 2.24) is 0 Å². The van der Waals surface area contributed by atoms with E-state index in [1.165, 1.54) is 6.92 Å². The zero-order valence-corrected chi connectivity index (χ0v) is 9.62. The van der Waals surface area contributed by atoms with Crippen LogP contribution in [-0.2, 0) is 9.59 Å². The van der Waals surface area contributed by atoms with Crippen LogP contribution in [0.2, 0.25) is 0 Å². The number of hydrogen-bond acceptors (Lipinski definition) is 2. The van der Waals surface area contributed by atoms with Gasteiger partial charge in [0.15, 0.2) is 5.41 Å². The van der Waals surface area contributed by atoms with Crippen molar-refractivity contribution in [2.45, 2.75) is 46.5 Å². The van der Waals surface area contributed by atoms with Gasteiger partial charge in [-0.15, -0.1) is 0 Å². The van der Waals surface area contributed by atoms with Gasteiger partial charge in [0.05, 0.1) is 0 Å². The van der Waals surface area contributed by atoms with E-state index >= 15 is 0 Å². The topological polar surface area (TPSA) is 74.6 Å². The van der Waals surface area contributed by atoms with Gasteiger partial charge in [-0.1, -0.05) is 33.1 Å². The normalized spacial score (nSPS) is 12.7. The molecule has 0 aliphatic heterocycles. The van der Waals surface area contributed by atoms with Crippen LogP contribution in [0.1, 0.15) is 46.5 Å². The third-order valence-corrected chi connectivity index (χ3v) is 3.11. The number of carboxylic acids is 2. The van der Waals surface area contributed by atoms with E-state index in [0.717, 1.165) is 19.3 Å². The van der Waals surface area contributed by atoms with Gasteiger partial charge in [-0.2, -0.15) is 0 Å². The Bertz CT molecular complexity index is 226. The second kappa shape index (κ2) is 7.75. The van der Waals surface area contributed by atoms with Crippen LogP contribution in [0.5, 0.6) is 0 Å². The number of hydrogen-bond donors (Lipinski definition) is 2. The zero-order chi connectivity index (χ0) is 12.1. The molecule has 0 aromatic rings. The van der Waals surface area contributed by atoms with Crippen molar-refractivity contribution in [3.8, 4) is 0 Å². The Labute approximate surface area is 109 Å². The molecule has 0 saturated heterocycles. The molecule has 0 aliphatic carbocycles. The first-order valence-electron chi connectivity index (χ1n) is 5.34. The van der Waals surface area contributed by atoms with E-state index in [4.69, 9.17) is 10.2 Å². The van der Waals surface area contributed by atoms with Gasteiger partial charge in [0.25, 0.3) is 0 Å². The summed E-state index contributed by atoms with van der Waals surface area (Å²) in [6.07, 6.45) is 3.58. The minimum atomic E-state index is -1.66. The molecule has 0 aromatic carbocycles. The molecule has 1 unspecified atom stereocenters. The Kier molecular flexibility index (Phi) is 8.68. The quantitative estimate of drug-likeness (QED) is 0.392. The standard InChI is InChI=1S/C11H20O4.Li.H/c1-4-5-6-7-8(2)11(3,9(12)13)10(14)15;;/h8H,4-7H2,1-3H3,(H,12,13)(H,14,15);;. The Morgan fingerprint density at radius 3 is 1.94 bits per heavy atom. The van der Waals surface area contributed by atoms with Crippen molar-refractivity contribution < 1.29 is 19.8 Å². The summed E-state index contributed by atoms with van der Waals surface area (Å²) < 4.78 is 0. The van der Waals surface area contributed by atoms with E-state index in [0.29, 0.717) is 6.42 Å². The van der Waals surface area contributed by atoms with Crippen LogP contribution < -0.4 is 0 Å². The first kappa shape index (κ1) is 17.9. The van der Waals surface area contributed by atoms with E-state index in [1.807, 2.05) is 0 Å². The van der Waals surface area contributed by atoms with Crippen molar-refractivity contribution in [2.24, 2.45) is 11.3 Å². The van der Waals surface area contributed by atoms with Crippen LogP contribution in [0.25, 0.3) is 0 Å². The van der Waals surface area contributed by atoms with Gasteiger partial charge in [-0.3, -0.25) is 9.59 Å². The molecule has 0 amide bonds. The number of carbonyl (C=O) groups is 2. The van der Waals surface area contributed by atoms with Crippen LogP contribution in [0.15, 0.2) is 0 Å². The minimum absolute atomic E-state index is 0. The summed E-state index contributed by atoms with van der Waals surface area (Å²) in [5, 5.41) is 17.9. The molecule has 1 atom stereocenters. The van der Waals surface area contributed by atoms with Crippen molar-refractivity contribution >= 4 is 30.8 Å². The zero-order valence-electron chi connectivity index (χ0n) is 9.62. The van der Waals surface area contributed by atoms with Gasteiger partial charge in [0.2, 0.25) is 0 Å². The fourth-order valence-electron chi connectivity index (χ4n) is 1.50. The number of carboxylic acid groups (broad SMARTS) is 2. The van der Waals surface area contributed by atoms with E-state index in [9.17, 15) is 9.59 Å². The number of rotatable bonds is 7. The molecule has 0 aliphatic rings. The van der Waals surface area contributed by atoms with Crippen LogP contribution in [0, 0.1) is 11.3 Å². The summed E-state index contributed by atoms with van der Waals surface area (Å²) in [7, 11) is 0. The summed E-state index contributed by atoms with van der Waals surface area (Å²) in [5.41, 5.74) is -1.66. The molecular formula is C11H21LiO4. The fourth-order valence-corrected chi connectivity index (χ4v) is 1.50. The molecular weight excluding hydrogens is 203 g/mol.